The van der Waals surface area contributed by atoms with Gasteiger partial charge >= 0.3 is 0 Å². The summed E-state index contributed by atoms with van der Waals surface area (Å²) in [4.78, 5) is 4.68. The molecule has 1 rings (SSSR count). The molecule has 0 aliphatic carbocycles. The summed E-state index contributed by atoms with van der Waals surface area (Å²) in [6.45, 7) is 13.1. The third kappa shape index (κ3) is 2.46. The minimum Gasteiger partial charge on any atom is -0.384 e. The van der Waals surface area contributed by atoms with Gasteiger partial charge in [-0.05, 0) is 6.42 Å². The molecule has 0 unspecified atom stereocenters. The molecule has 3 nitrogen and oxygen atoms in total. The second-order valence-corrected chi connectivity index (χ2v) is 5.16. The highest BCUT2D eigenvalue weighted by atomic mass is 15.1. The Morgan fingerprint density at radius 3 is 2.50 bits per heavy atom. The lowest BCUT2D eigenvalue weighted by molar-refractivity contribution is 0.572. The summed E-state index contributed by atoms with van der Waals surface area (Å²) < 4.78 is 2.07. The largest absolute Gasteiger partial charge is 0.384 e. The molecule has 0 saturated heterocycles. The van der Waals surface area contributed by atoms with Crippen LogP contribution in [0.1, 0.15) is 45.6 Å². The highest BCUT2D eigenvalue weighted by molar-refractivity contribution is 5.42. The van der Waals surface area contributed by atoms with Gasteiger partial charge in [0.15, 0.2) is 0 Å². The Balaban J connectivity index is 3.23. The molecule has 0 aliphatic heterocycles. The van der Waals surface area contributed by atoms with Gasteiger partial charge in [-0.25, -0.2) is 4.98 Å². The summed E-state index contributed by atoms with van der Waals surface area (Å²) in [6.07, 6.45) is 3.91. The Morgan fingerprint density at radius 2 is 2.06 bits per heavy atom. The summed E-state index contributed by atoms with van der Waals surface area (Å²) >= 11 is 0. The number of nitrogens with two attached hydrogens (primary N) is 1. The van der Waals surface area contributed by atoms with Crippen molar-refractivity contribution in [3.63, 3.8) is 0 Å². The summed E-state index contributed by atoms with van der Waals surface area (Å²) in [6, 6.07) is 0. The standard InChI is InChI=1S/C13H23N3/c1-6-8-10-15-11(13(3,4)5)12(14)16(10)9-7-2/h7H,2,6,8-9,14H2,1,3-5H3. The summed E-state index contributed by atoms with van der Waals surface area (Å²) in [5.74, 6) is 1.86. The van der Waals surface area contributed by atoms with Crippen molar-refractivity contribution in [3.8, 4) is 0 Å². The molecule has 0 aliphatic rings. The molecular weight excluding hydrogens is 198 g/mol. The zero-order valence-corrected chi connectivity index (χ0v) is 10.9. The van der Waals surface area contributed by atoms with E-state index in [0.29, 0.717) is 0 Å². The van der Waals surface area contributed by atoms with Crippen LogP contribution < -0.4 is 5.73 Å². The van der Waals surface area contributed by atoms with Crippen molar-refractivity contribution in [2.24, 2.45) is 0 Å². The number of nitrogens with zero attached hydrogens (tertiary/aromatic N) is 2. The number of nitrogen functional groups attached to an aromatic ring is 1. The molecule has 0 spiro atoms. The van der Waals surface area contributed by atoms with Gasteiger partial charge in [0, 0.05) is 18.4 Å². The van der Waals surface area contributed by atoms with Gasteiger partial charge in [-0.15, -0.1) is 6.58 Å². The number of aromatic nitrogens is 2. The maximum absolute atomic E-state index is 6.16. The summed E-state index contributed by atoms with van der Waals surface area (Å²) in [5, 5.41) is 0. The average Bonchev–Trinajstić information content (AvgIpc) is 2.46. The van der Waals surface area contributed by atoms with E-state index in [2.05, 4.69) is 43.8 Å². The van der Waals surface area contributed by atoms with Gasteiger partial charge in [-0.1, -0.05) is 33.8 Å². The van der Waals surface area contributed by atoms with Crippen LogP contribution in [0, 0.1) is 0 Å². The van der Waals surface area contributed by atoms with Gasteiger partial charge in [0.05, 0.1) is 5.69 Å². The van der Waals surface area contributed by atoms with Gasteiger partial charge in [0.1, 0.15) is 11.6 Å². The predicted molar refractivity (Wildman–Crippen MR) is 69.5 cm³/mol. The SMILES string of the molecule is C=CCn1c(CCC)nc(C(C)(C)C)c1N. The van der Waals surface area contributed by atoms with Crippen molar-refractivity contribution in [1.82, 2.24) is 9.55 Å². The zero-order chi connectivity index (χ0) is 12.3. The Bertz CT molecular complexity index is 369. The molecule has 0 aromatic carbocycles. The maximum Gasteiger partial charge on any atom is 0.127 e. The first kappa shape index (κ1) is 12.8. The van der Waals surface area contributed by atoms with E-state index in [4.69, 9.17) is 5.73 Å². The van der Waals surface area contributed by atoms with Crippen LogP contribution in [0.2, 0.25) is 0 Å². The van der Waals surface area contributed by atoms with Crippen LogP contribution in [0.4, 0.5) is 5.82 Å². The Hall–Kier alpha value is -1.25. The molecule has 3 heteroatoms. The van der Waals surface area contributed by atoms with Gasteiger partial charge in [0.2, 0.25) is 0 Å². The number of imidazole rings is 1. The first-order chi connectivity index (χ1) is 7.41. The van der Waals surface area contributed by atoms with Crippen molar-refractivity contribution >= 4 is 5.82 Å². The normalized spacial score (nSPS) is 11.8. The fourth-order valence-electron chi connectivity index (χ4n) is 1.81. The van der Waals surface area contributed by atoms with Gasteiger partial charge in [-0.3, -0.25) is 0 Å². The number of allylic oxidation sites excluding steroid dienone is 1. The van der Waals surface area contributed by atoms with E-state index in [1.54, 1.807) is 0 Å². The van der Waals surface area contributed by atoms with E-state index in [9.17, 15) is 0 Å². The number of hydrogen-bond donors (Lipinski definition) is 1. The van der Waals surface area contributed by atoms with Crippen LogP contribution in [0.15, 0.2) is 12.7 Å². The molecule has 1 aromatic rings. The molecule has 90 valence electrons. The van der Waals surface area contributed by atoms with E-state index in [0.717, 1.165) is 36.7 Å². The highest BCUT2D eigenvalue weighted by Crippen LogP contribution is 2.28. The Labute approximate surface area is 98.4 Å². The van der Waals surface area contributed by atoms with Crippen LogP contribution in [0.5, 0.6) is 0 Å². The van der Waals surface area contributed by atoms with Crippen molar-refractivity contribution in [1.29, 1.82) is 0 Å². The van der Waals surface area contributed by atoms with E-state index < -0.39 is 0 Å². The van der Waals surface area contributed by atoms with E-state index in [1.165, 1.54) is 0 Å². The number of rotatable bonds is 4. The molecule has 2 N–H and O–H groups in total. The van der Waals surface area contributed by atoms with Crippen LogP contribution in [-0.2, 0) is 18.4 Å². The lowest BCUT2D eigenvalue weighted by Gasteiger charge is -2.16. The number of aryl methyl sites for hydroxylation is 1. The smallest absolute Gasteiger partial charge is 0.127 e. The molecule has 0 atom stereocenters. The van der Waals surface area contributed by atoms with Gasteiger partial charge < -0.3 is 10.3 Å². The van der Waals surface area contributed by atoms with Crippen molar-refractivity contribution in [2.75, 3.05) is 5.73 Å². The van der Waals surface area contributed by atoms with Crippen molar-refractivity contribution in [2.45, 2.75) is 52.5 Å². The molecule has 0 amide bonds. The first-order valence-electron chi connectivity index (χ1n) is 5.88. The van der Waals surface area contributed by atoms with Crippen LogP contribution in [0.3, 0.4) is 0 Å². The molecular formula is C13H23N3. The molecule has 1 heterocycles. The average molecular weight is 221 g/mol. The molecule has 0 saturated carbocycles. The van der Waals surface area contributed by atoms with Gasteiger partial charge in [-0.2, -0.15) is 0 Å². The van der Waals surface area contributed by atoms with Crippen LogP contribution in [-0.4, -0.2) is 9.55 Å². The Kier molecular flexibility index (Phi) is 3.79. The van der Waals surface area contributed by atoms with Crippen LogP contribution in [0.25, 0.3) is 0 Å². The van der Waals surface area contributed by atoms with Gasteiger partial charge in [0.25, 0.3) is 0 Å². The highest BCUT2D eigenvalue weighted by Gasteiger charge is 2.23. The first-order valence-corrected chi connectivity index (χ1v) is 5.88. The topological polar surface area (TPSA) is 43.8 Å². The third-order valence-electron chi connectivity index (χ3n) is 2.58. The zero-order valence-electron chi connectivity index (χ0n) is 10.9. The van der Waals surface area contributed by atoms with E-state index in [-0.39, 0.29) is 5.41 Å². The maximum atomic E-state index is 6.16. The summed E-state index contributed by atoms with van der Waals surface area (Å²) in [7, 11) is 0. The second kappa shape index (κ2) is 4.73. The number of hydrogen-bond acceptors (Lipinski definition) is 2. The molecule has 0 bridgehead atoms. The lowest BCUT2D eigenvalue weighted by Crippen LogP contribution is -2.15. The molecule has 16 heavy (non-hydrogen) atoms. The third-order valence-corrected chi connectivity index (χ3v) is 2.58. The predicted octanol–water partition coefficient (Wildman–Crippen LogP) is 2.90. The van der Waals surface area contributed by atoms with E-state index >= 15 is 0 Å². The number of anilines is 1. The molecule has 0 fully saturated rings. The quantitative estimate of drug-likeness (QED) is 0.794. The fraction of sp³-hybridized carbons (Fsp3) is 0.615. The minimum absolute atomic E-state index is 0.000997. The van der Waals surface area contributed by atoms with Crippen molar-refractivity contribution < 1.29 is 0 Å². The minimum atomic E-state index is -0.000997. The van der Waals surface area contributed by atoms with Crippen molar-refractivity contribution in [3.05, 3.63) is 24.2 Å². The lowest BCUT2D eigenvalue weighted by atomic mass is 9.92. The Morgan fingerprint density at radius 1 is 1.44 bits per heavy atom. The fourth-order valence-corrected chi connectivity index (χ4v) is 1.81. The van der Waals surface area contributed by atoms with E-state index in [1.807, 2.05) is 6.08 Å². The van der Waals surface area contributed by atoms with Crippen LogP contribution >= 0.6 is 0 Å². The molecule has 1 aromatic heterocycles. The monoisotopic (exact) mass is 221 g/mol. The summed E-state index contributed by atoms with van der Waals surface area (Å²) in [5.41, 5.74) is 7.16. The second-order valence-electron chi connectivity index (χ2n) is 5.16. The molecule has 0 radical (unpaired) electrons.